The van der Waals surface area contributed by atoms with Gasteiger partial charge in [0.1, 0.15) is 18.4 Å². The number of carbonyl (C=O) groups is 3. The van der Waals surface area contributed by atoms with Gasteiger partial charge in [-0.1, -0.05) is 23.7 Å². The van der Waals surface area contributed by atoms with E-state index >= 15 is 0 Å². The van der Waals surface area contributed by atoms with Crippen molar-refractivity contribution in [2.75, 3.05) is 13.2 Å². The molecule has 0 bridgehead atoms. The summed E-state index contributed by atoms with van der Waals surface area (Å²) < 4.78 is 21.7. The van der Waals surface area contributed by atoms with E-state index in [0.29, 0.717) is 30.7 Å². The van der Waals surface area contributed by atoms with Crippen LogP contribution in [0.4, 0.5) is 4.39 Å². The van der Waals surface area contributed by atoms with Crippen LogP contribution in [0.5, 0.6) is 0 Å². The molecule has 0 unspecified atom stereocenters. The van der Waals surface area contributed by atoms with Gasteiger partial charge in [0.25, 0.3) is 0 Å². The van der Waals surface area contributed by atoms with Crippen molar-refractivity contribution >= 4 is 40.1 Å². The van der Waals surface area contributed by atoms with E-state index in [4.69, 9.17) is 16.3 Å². The van der Waals surface area contributed by atoms with E-state index in [1.54, 1.807) is 29.1 Å². The standard InChI is InChI=1S/C26H28ClFN4O4/c1-4-36-22-8-9-32(25(22)26(35)30-11-17-6-5-7-20(27)24(17)28)23(34)14-31-13-19(16(3)33)18-10-15(2)29-12-21(18)31/h5-7,10,12-13,22,25H,4,8-9,11,14H2,1-3H3,(H,30,35)/t22-,25+/m1/s1. The third kappa shape index (κ3) is 5.12. The Labute approximate surface area is 213 Å². The normalized spacial score (nSPS) is 17.5. The van der Waals surface area contributed by atoms with Crippen LogP contribution in [0, 0.1) is 12.7 Å². The lowest BCUT2D eigenvalue weighted by Gasteiger charge is -2.27. The molecule has 1 aliphatic heterocycles. The number of likely N-dealkylation sites (tertiary alicyclic amines) is 1. The van der Waals surface area contributed by atoms with Crippen LogP contribution in [0.1, 0.15) is 41.9 Å². The van der Waals surface area contributed by atoms with Gasteiger partial charge in [0, 0.05) is 48.1 Å². The Kier molecular flexibility index (Phi) is 7.70. The SMILES string of the molecule is CCO[C@@H]1CCN(C(=O)Cn2cc(C(C)=O)c3cc(C)ncc32)[C@@H]1C(=O)NCc1cccc(Cl)c1F. The zero-order valence-corrected chi connectivity index (χ0v) is 21.1. The number of amides is 2. The average molecular weight is 515 g/mol. The minimum Gasteiger partial charge on any atom is -0.376 e. The molecule has 1 N–H and O–H groups in total. The number of nitrogens with zero attached hydrogens (tertiary/aromatic N) is 3. The summed E-state index contributed by atoms with van der Waals surface area (Å²) in [4.78, 5) is 44.6. The number of aryl methyl sites for hydroxylation is 1. The molecule has 2 aromatic heterocycles. The molecule has 2 amide bonds. The number of pyridine rings is 1. The molecule has 3 aromatic rings. The maximum absolute atomic E-state index is 14.3. The molecule has 3 heterocycles. The Balaban J connectivity index is 1.56. The van der Waals surface area contributed by atoms with Crippen molar-refractivity contribution in [2.45, 2.75) is 52.4 Å². The fraction of sp³-hybridized carbons (Fsp3) is 0.385. The number of hydrogen-bond donors (Lipinski definition) is 1. The molecular weight excluding hydrogens is 487 g/mol. The fourth-order valence-corrected chi connectivity index (χ4v) is 4.85. The number of aromatic nitrogens is 2. The van der Waals surface area contributed by atoms with E-state index in [2.05, 4.69) is 10.3 Å². The first kappa shape index (κ1) is 25.8. The summed E-state index contributed by atoms with van der Waals surface area (Å²) in [6, 6.07) is 5.53. The minimum atomic E-state index is -0.867. The van der Waals surface area contributed by atoms with Gasteiger partial charge in [-0.15, -0.1) is 0 Å². The smallest absolute Gasteiger partial charge is 0.245 e. The van der Waals surface area contributed by atoms with Gasteiger partial charge < -0.3 is 19.5 Å². The molecule has 4 rings (SSSR count). The average Bonchev–Trinajstić information content (AvgIpc) is 3.41. The molecule has 0 spiro atoms. The van der Waals surface area contributed by atoms with Gasteiger partial charge in [-0.05, 0) is 39.3 Å². The third-order valence-electron chi connectivity index (χ3n) is 6.39. The molecule has 1 aliphatic rings. The highest BCUT2D eigenvalue weighted by Gasteiger charge is 2.42. The van der Waals surface area contributed by atoms with E-state index in [1.165, 1.54) is 17.9 Å². The molecule has 190 valence electrons. The molecule has 36 heavy (non-hydrogen) atoms. The summed E-state index contributed by atoms with van der Waals surface area (Å²) in [6.07, 6.45) is 3.30. The summed E-state index contributed by atoms with van der Waals surface area (Å²) in [6.45, 7) is 5.72. The van der Waals surface area contributed by atoms with Gasteiger partial charge in [0.15, 0.2) is 5.78 Å². The molecule has 1 saturated heterocycles. The van der Waals surface area contributed by atoms with Crippen LogP contribution in [-0.4, -0.2) is 57.3 Å². The lowest BCUT2D eigenvalue weighted by Crippen LogP contribution is -2.51. The van der Waals surface area contributed by atoms with Crippen molar-refractivity contribution < 1.29 is 23.5 Å². The largest absolute Gasteiger partial charge is 0.376 e. The van der Waals surface area contributed by atoms with Crippen molar-refractivity contribution in [3.63, 3.8) is 0 Å². The molecule has 8 nitrogen and oxygen atoms in total. The number of nitrogens with one attached hydrogen (secondary N) is 1. The molecule has 10 heteroatoms. The second-order valence-corrected chi connectivity index (χ2v) is 9.22. The summed E-state index contributed by atoms with van der Waals surface area (Å²) in [5, 5.41) is 3.43. The van der Waals surface area contributed by atoms with Crippen molar-refractivity contribution in [2.24, 2.45) is 0 Å². The highest BCUT2D eigenvalue weighted by molar-refractivity contribution is 6.30. The van der Waals surface area contributed by atoms with Gasteiger partial charge >= 0.3 is 0 Å². The van der Waals surface area contributed by atoms with Crippen LogP contribution in [0.2, 0.25) is 5.02 Å². The zero-order chi connectivity index (χ0) is 26.0. The molecule has 0 aliphatic carbocycles. The van der Waals surface area contributed by atoms with Crippen LogP contribution in [0.15, 0.2) is 36.7 Å². The zero-order valence-electron chi connectivity index (χ0n) is 20.4. The summed E-state index contributed by atoms with van der Waals surface area (Å²) >= 11 is 5.85. The summed E-state index contributed by atoms with van der Waals surface area (Å²) in [5.74, 6) is -1.43. The van der Waals surface area contributed by atoms with Crippen molar-refractivity contribution in [1.29, 1.82) is 0 Å². The second kappa shape index (κ2) is 10.8. The topological polar surface area (TPSA) is 93.5 Å². The number of ketones is 1. The van der Waals surface area contributed by atoms with E-state index in [0.717, 1.165) is 11.1 Å². The van der Waals surface area contributed by atoms with Crippen molar-refractivity contribution in [1.82, 2.24) is 19.8 Å². The molecule has 0 radical (unpaired) electrons. The second-order valence-electron chi connectivity index (χ2n) is 8.81. The molecular formula is C26H28ClFN4O4. The predicted molar refractivity (Wildman–Crippen MR) is 133 cm³/mol. The van der Waals surface area contributed by atoms with E-state index in [1.807, 2.05) is 19.9 Å². The Morgan fingerprint density at radius 2 is 2.08 bits per heavy atom. The number of rotatable bonds is 8. The fourth-order valence-electron chi connectivity index (χ4n) is 4.65. The maximum Gasteiger partial charge on any atom is 0.245 e. The molecule has 0 saturated carbocycles. The van der Waals surface area contributed by atoms with Gasteiger partial charge in [0.05, 0.1) is 22.8 Å². The van der Waals surface area contributed by atoms with E-state index in [9.17, 15) is 18.8 Å². The lowest BCUT2D eigenvalue weighted by molar-refractivity contribution is -0.142. The quantitative estimate of drug-likeness (QED) is 0.463. The number of benzene rings is 1. The molecule has 2 atom stereocenters. The number of ether oxygens (including phenoxy) is 1. The highest BCUT2D eigenvalue weighted by Crippen LogP contribution is 2.26. The lowest BCUT2D eigenvalue weighted by atomic mass is 10.1. The number of halogens is 2. The first-order valence-corrected chi connectivity index (χ1v) is 12.2. The minimum absolute atomic E-state index is 0.0276. The third-order valence-corrected chi connectivity index (χ3v) is 6.68. The van der Waals surface area contributed by atoms with Crippen LogP contribution >= 0.6 is 11.6 Å². The number of hydrogen-bond acceptors (Lipinski definition) is 5. The molecule has 1 fully saturated rings. The Morgan fingerprint density at radius 3 is 2.81 bits per heavy atom. The Morgan fingerprint density at radius 1 is 1.31 bits per heavy atom. The van der Waals surface area contributed by atoms with Crippen LogP contribution in [0.25, 0.3) is 10.9 Å². The van der Waals surface area contributed by atoms with Crippen molar-refractivity contribution in [3.05, 3.63) is 64.3 Å². The van der Waals surface area contributed by atoms with Gasteiger partial charge in [-0.3, -0.25) is 19.4 Å². The Bertz CT molecular complexity index is 1320. The van der Waals surface area contributed by atoms with Crippen molar-refractivity contribution in [3.8, 4) is 0 Å². The highest BCUT2D eigenvalue weighted by atomic mass is 35.5. The monoisotopic (exact) mass is 514 g/mol. The van der Waals surface area contributed by atoms with E-state index in [-0.39, 0.29) is 35.4 Å². The first-order valence-electron chi connectivity index (χ1n) is 11.8. The van der Waals surface area contributed by atoms with E-state index < -0.39 is 23.9 Å². The summed E-state index contributed by atoms with van der Waals surface area (Å²) in [5.41, 5.74) is 2.19. The van der Waals surface area contributed by atoms with Crippen LogP contribution in [0.3, 0.4) is 0 Å². The Hall–Kier alpha value is -3.30. The van der Waals surface area contributed by atoms with Gasteiger partial charge in [0.2, 0.25) is 11.8 Å². The number of carbonyl (C=O) groups excluding carboxylic acids is 3. The summed E-state index contributed by atoms with van der Waals surface area (Å²) in [7, 11) is 0. The van der Waals surface area contributed by atoms with Crippen LogP contribution in [-0.2, 0) is 27.4 Å². The van der Waals surface area contributed by atoms with Crippen LogP contribution < -0.4 is 5.32 Å². The molecule has 1 aromatic carbocycles. The maximum atomic E-state index is 14.3. The van der Waals surface area contributed by atoms with Gasteiger partial charge in [-0.2, -0.15) is 0 Å². The van der Waals surface area contributed by atoms with Gasteiger partial charge in [-0.25, -0.2) is 4.39 Å². The predicted octanol–water partition coefficient (Wildman–Crippen LogP) is 3.66. The number of Topliss-reactive ketones (excluding diaryl/α,β-unsaturated/α-hetero) is 1. The first-order chi connectivity index (χ1) is 17.2. The number of fused-ring (bicyclic) bond motifs is 1.